The van der Waals surface area contributed by atoms with Crippen molar-refractivity contribution in [1.82, 2.24) is 9.38 Å². The van der Waals surface area contributed by atoms with Crippen LogP contribution in [0.2, 0.25) is 0 Å². The molecule has 2 aromatic rings. The Morgan fingerprint density at radius 2 is 2.36 bits per heavy atom. The molecule has 4 nitrogen and oxygen atoms in total. The van der Waals surface area contributed by atoms with E-state index in [-0.39, 0.29) is 12.6 Å². The van der Waals surface area contributed by atoms with Crippen LogP contribution in [-0.2, 0) is 0 Å². The molecule has 0 aromatic carbocycles. The van der Waals surface area contributed by atoms with Crippen LogP contribution in [0.3, 0.4) is 0 Å². The average molecular weight is 211 g/mol. The van der Waals surface area contributed by atoms with E-state index in [4.69, 9.17) is 10.8 Å². The standard InChI is InChI=1S/C9H13N3OS/c1-5-6(2)12-3-8(7(10)4-13)14-9(12)11-5/h3,7,13H,4,10H2,1-2H3. The summed E-state index contributed by atoms with van der Waals surface area (Å²) in [6.07, 6.45) is 1.95. The van der Waals surface area contributed by atoms with E-state index in [9.17, 15) is 0 Å². The minimum Gasteiger partial charge on any atom is -0.394 e. The summed E-state index contributed by atoms with van der Waals surface area (Å²) in [6.45, 7) is 3.98. The van der Waals surface area contributed by atoms with Crippen molar-refractivity contribution in [2.45, 2.75) is 19.9 Å². The first kappa shape index (κ1) is 9.64. The second-order valence-electron chi connectivity index (χ2n) is 3.36. The zero-order valence-corrected chi connectivity index (χ0v) is 9.01. The van der Waals surface area contributed by atoms with Crippen molar-refractivity contribution in [1.29, 1.82) is 0 Å². The van der Waals surface area contributed by atoms with Gasteiger partial charge in [-0.05, 0) is 13.8 Å². The van der Waals surface area contributed by atoms with Gasteiger partial charge in [-0.15, -0.1) is 0 Å². The number of aryl methyl sites for hydroxylation is 2. The number of nitrogens with two attached hydrogens (primary N) is 1. The summed E-state index contributed by atoms with van der Waals surface area (Å²) in [4.78, 5) is 6.31. The van der Waals surface area contributed by atoms with E-state index in [0.717, 1.165) is 21.2 Å². The van der Waals surface area contributed by atoms with Crippen LogP contribution in [0.1, 0.15) is 22.3 Å². The van der Waals surface area contributed by atoms with Gasteiger partial charge in [-0.25, -0.2) is 4.98 Å². The summed E-state index contributed by atoms with van der Waals surface area (Å²) in [7, 11) is 0. The fourth-order valence-corrected chi connectivity index (χ4v) is 2.41. The molecule has 76 valence electrons. The number of thiazole rings is 1. The fraction of sp³-hybridized carbons (Fsp3) is 0.444. The maximum atomic E-state index is 8.93. The SMILES string of the molecule is Cc1nc2sc(C(N)CO)cn2c1C. The normalized spacial score (nSPS) is 13.7. The van der Waals surface area contributed by atoms with Gasteiger partial charge in [-0.1, -0.05) is 11.3 Å². The fourth-order valence-electron chi connectivity index (χ4n) is 1.34. The second kappa shape index (κ2) is 3.34. The van der Waals surface area contributed by atoms with Crippen LogP contribution in [0.15, 0.2) is 6.20 Å². The van der Waals surface area contributed by atoms with Crippen molar-refractivity contribution in [3.8, 4) is 0 Å². The summed E-state index contributed by atoms with van der Waals surface area (Å²) < 4.78 is 2.02. The lowest BCUT2D eigenvalue weighted by Gasteiger charge is -2.02. The molecule has 0 amide bonds. The van der Waals surface area contributed by atoms with Gasteiger partial charge in [0.15, 0.2) is 4.96 Å². The molecular formula is C9H13N3OS. The molecule has 1 unspecified atom stereocenters. The van der Waals surface area contributed by atoms with Crippen LogP contribution < -0.4 is 5.73 Å². The first-order chi connectivity index (χ1) is 6.63. The van der Waals surface area contributed by atoms with Crippen LogP contribution in [0.25, 0.3) is 4.96 Å². The first-order valence-electron chi connectivity index (χ1n) is 4.45. The van der Waals surface area contributed by atoms with Crippen LogP contribution in [0, 0.1) is 13.8 Å². The van der Waals surface area contributed by atoms with Crippen LogP contribution in [0.5, 0.6) is 0 Å². The quantitative estimate of drug-likeness (QED) is 0.779. The zero-order valence-electron chi connectivity index (χ0n) is 8.19. The summed E-state index contributed by atoms with van der Waals surface area (Å²) in [5.41, 5.74) is 7.90. The molecule has 0 radical (unpaired) electrons. The lowest BCUT2D eigenvalue weighted by Crippen LogP contribution is -2.12. The number of aromatic nitrogens is 2. The number of fused-ring (bicyclic) bond motifs is 1. The number of hydrogen-bond acceptors (Lipinski definition) is 4. The molecule has 14 heavy (non-hydrogen) atoms. The molecule has 0 saturated carbocycles. The van der Waals surface area contributed by atoms with Gasteiger partial charge in [0.25, 0.3) is 0 Å². The van der Waals surface area contributed by atoms with Gasteiger partial charge in [0, 0.05) is 16.8 Å². The number of nitrogens with zero attached hydrogens (tertiary/aromatic N) is 2. The average Bonchev–Trinajstić information content (AvgIpc) is 2.68. The Balaban J connectivity index is 2.53. The summed E-state index contributed by atoms with van der Waals surface area (Å²) in [5, 5.41) is 8.93. The van der Waals surface area contributed by atoms with E-state index in [0.29, 0.717) is 0 Å². The molecule has 0 aliphatic heterocycles. The van der Waals surface area contributed by atoms with E-state index >= 15 is 0 Å². The maximum absolute atomic E-state index is 8.93. The Kier molecular flexibility index (Phi) is 2.30. The van der Waals surface area contributed by atoms with E-state index in [1.807, 2.05) is 24.4 Å². The minimum absolute atomic E-state index is 0.0261. The molecule has 0 bridgehead atoms. The molecule has 0 aliphatic carbocycles. The van der Waals surface area contributed by atoms with Crippen molar-refractivity contribution >= 4 is 16.3 Å². The van der Waals surface area contributed by atoms with E-state index in [1.54, 1.807) is 0 Å². The zero-order chi connectivity index (χ0) is 10.3. The summed E-state index contributed by atoms with van der Waals surface area (Å²) in [6, 6.07) is -0.290. The highest BCUT2D eigenvalue weighted by Crippen LogP contribution is 2.24. The Labute approximate surface area is 86.0 Å². The molecule has 2 heterocycles. The van der Waals surface area contributed by atoms with Crippen molar-refractivity contribution in [3.05, 3.63) is 22.5 Å². The van der Waals surface area contributed by atoms with E-state index in [2.05, 4.69) is 4.98 Å². The van der Waals surface area contributed by atoms with E-state index in [1.165, 1.54) is 11.3 Å². The van der Waals surface area contributed by atoms with Gasteiger partial charge < -0.3 is 10.8 Å². The third kappa shape index (κ3) is 1.33. The lowest BCUT2D eigenvalue weighted by molar-refractivity contribution is 0.269. The van der Waals surface area contributed by atoms with Gasteiger partial charge in [-0.2, -0.15) is 0 Å². The predicted octanol–water partition coefficient (Wildman–Crippen LogP) is 1.00. The van der Waals surface area contributed by atoms with Gasteiger partial charge in [0.05, 0.1) is 18.3 Å². The van der Waals surface area contributed by atoms with Crippen molar-refractivity contribution < 1.29 is 5.11 Å². The molecule has 0 fully saturated rings. The molecule has 5 heteroatoms. The molecule has 3 N–H and O–H groups in total. The number of imidazole rings is 1. The van der Waals surface area contributed by atoms with Crippen molar-refractivity contribution in [2.75, 3.05) is 6.61 Å². The number of hydrogen-bond donors (Lipinski definition) is 2. The minimum atomic E-state index is -0.290. The van der Waals surface area contributed by atoms with Crippen molar-refractivity contribution in [3.63, 3.8) is 0 Å². The monoisotopic (exact) mass is 211 g/mol. The van der Waals surface area contributed by atoms with Crippen LogP contribution in [0.4, 0.5) is 0 Å². The van der Waals surface area contributed by atoms with Gasteiger partial charge in [-0.3, -0.25) is 4.40 Å². The Hall–Kier alpha value is -0.910. The second-order valence-corrected chi connectivity index (χ2v) is 4.40. The van der Waals surface area contributed by atoms with Gasteiger partial charge in [0.1, 0.15) is 0 Å². The third-order valence-electron chi connectivity index (χ3n) is 2.38. The Morgan fingerprint density at radius 1 is 1.64 bits per heavy atom. The topological polar surface area (TPSA) is 63.5 Å². The summed E-state index contributed by atoms with van der Waals surface area (Å²) >= 11 is 1.53. The highest BCUT2D eigenvalue weighted by atomic mass is 32.1. The maximum Gasteiger partial charge on any atom is 0.194 e. The van der Waals surface area contributed by atoms with Gasteiger partial charge in [0.2, 0.25) is 0 Å². The smallest absolute Gasteiger partial charge is 0.194 e. The number of aliphatic hydroxyl groups excluding tert-OH is 1. The molecule has 0 saturated heterocycles. The highest BCUT2D eigenvalue weighted by molar-refractivity contribution is 7.17. The lowest BCUT2D eigenvalue weighted by atomic mass is 10.3. The number of rotatable bonds is 2. The van der Waals surface area contributed by atoms with Crippen LogP contribution in [-0.4, -0.2) is 21.1 Å². The van der Waals surface area contributed by atoms with Crippen molar-refractivity contribution in [2.24, 2.45) is 5.73 Å². The largest absolute Gasteiger partial charge is 0.394 e. The van der Waals surface area contributed by atoms with Gasteiger partial charge >= 0.3 is 0 Å². The Morgan fingerprint density at radius 3 is 2.93 bits per heavy atom. The molecule has 1 atom stereocenters. The molecule has 2 aromatic heterocycles. The molecule has 2 rings (SSSR count). The molecular weight excluding hydrogens is 198 g/mol. The Bertz CT molecular complexity index is 460. The summed E-state index contributed by atoms with van der Waals surface area (Å²) in [5.74, 6) is 0. The third-order valence-corrected chi connectivity index (χ3v) is 3.50. The van der Waals surface area contributed by atoms with Crippen LogP contribution >= 0.6 is 11.3 Å². The van der Waals surface area contributed by atoms with E-state index < -0.39 is 0 Å². The molecule has 0 spiro atoms. The first-order valence-corrected chi connectivity index (χ1v) is 5.26. The highest BCUT2D eigenvalue weighted by Gasteiger charge is 2.12. The molecule has 0 aliphatic rings. The predicted molar refractivity (Wildman–Crippen MR) is 56.6 cm³/mol. The number of aliphatic hydroxyl groups is 1.